The molecule has 33 heavy (non-hydrogen) atoms. The zero-order valence-corrected chi connectivity index (χ0v) is 24.1. The summed E-state index contributed by atoms with van der Waals surface area (Å²) in [5.74, 6) is 2.01. The first-order chi connectivity index (χ1) is 14.8. The van der Waals surface area contributed by atoms with Gasteiger partial charge in [0.15, 0.2) is 0 Å². The fourth-order valence-corrected chi connectivity index (χ4v) is 5.33. The number of hydrogen-bond acceptors (Lipinski definition) is 1. The Kier molecular flexibility index (Phi) is 7.60. The van der Waals surface area contributed by atoms with Crippen molar-refractivity contribution < 1.29 is 4.74 Å². The summed E-state index contributed by atoms with van der Waals surface area (Å²) in [7, 11) is 0. The van der Waals surface area contributed by atoms with Gasteiger partial charge in [-0.2, -0.15) is 0 Å². The molecule has 2 aromatic rings. The van der Waals surface area contributed by atoms with Crippen molar-refractivity contribution in [3.63, 3.8) is 0 Å². The molecule has 0 aliphatic rings. The maximum absolute atomic E-state index is 6.91. The highest BCUT2D eigenvalue weighted by atomic mass is 16.5. The Balaban J connectivity index is 2.86. The Morgan fingerprint density at radius 3 is 1.00 bits per heavy atom. The summed E-state index contributed by atoms with van der Waals surface area (Å²) in [6.07, 6.45) is 2.01. The van der Waals surface area contributed by atoms with E-state index < -0.39 is 0 Å². The SMILES string of the molecule is CCc1c(C(C)(C)C)ccc(Oc2ccc(C(C)(C)C)c(CC)c2C(C)(C)C)c1C(C)(C)C. The van der Waals surface area contributed by atoms with Crippen molar-refractivity contribution in [2.24, 2.45) is 0 Å². The third kappa shape index (κ3) is 5.84. The van der Waals surface area contributed by atoms with Crippen LogP contribution in [0.1, 0.15) is 130 Å². The van der Waals surface area contributed by atoms with Gasteiger partial charge in [0.1, 0.15) is 11.5 Å². The van der Waals surface area contributed by atoms with Crippen molar-refractivity contribution in [2.75, 3.05) is 0 Å². The highest BCUT2D eigenvalue weighted by Gasteiger charge is 2.31. The Morgan fingerprint density at radius 2 is 0.788 bits per heavy atom. The standard InChI is InChI=1S/C32H50O/c1-15-21-23(29(3,4)5)17-19-25(27(21)31(9,10)11)33-26-20-18-24(30(6,7)8)22(16-2)28(26)32(12,13)14/h17-20H,15-16H2,1-14H3. The van der Waals surface area contributed by atoms with E-state index in [-0.39, 0.29) is 21.7 Å². The summed E-state index contributed by atoms with van der Waals surface area (Å²) in [6, 6.07) is 9.03. The number of hydrogen-bond donors (Lipinski definition) is 0. The zero-order valence-electron chi connectivity index (χ0n) is 24.1. The Bertz CT molecular complexity index is 898. The van der Waals surface area contributed by atoms with Crippen LogP contribution in [0.3, 0.4) is 0 Å². The molecule has 0 N–H and O–H groups in total. The highest BCUT2D eigenvalue weighted by molar-refractivity contribution is 5.56. The minimum Gasteiger partial charge on any atom is -0.457 e. The second-order valence-corrected chi connectivity index (χ2v) is 13.7. The molecular weight excluding hydrogens is 400 g/mol. The lowest BCUT2D eigenvalue weighted by Gasteiger charge is -2.34. The van der Waals surface area contributed by atoms with Gasteiger partial charge < -0.3 is 4.74 Å². The first kappa shape index (κ1) is 27.5. The molecule has 0 aliphatic carbocycles. The Morgan fingerprint density at radius 1 is 0.485 bits per heavy atom. The molecule has 0 fully saturated rings. The minimum atomic E-state index is -0.0111. The first-order valence-electron chi connectivity index (χ1n) is 12.9. The summed E-state index contributed by atoms with van der Waals surface area (Å²) < 4.78 is 6.91. The molecule has 0 unspecified atom stereocenters. The zero-order chi connectivity index (χ0) is 25.6. The number of rotatable bonds is 4. The van der Waals surface area contributed by atoms with E-state index in [9.17, 15) is 0 Å². The van der Waals surface area contributed by atoms with Crippen molar-refractivity contribution in [2.45, 2.75) is 131 Å². The van der Waals surface area contributed by atoms with Crippen molar-refractivity contribution in [3.05, 3.63) is 57.6 Å². The number of ether oxygens (including phenoxy) is 1. The van der Waals surface area contributed by atoms with Crippen molar-refractivity contribution in [1.29, 1.82) is 0 Å². The molecule has 0 radical (unpaired) electrons. The molecule has 0 heterocycles. The average Bonchev–Trinajstić information content (AvgIpc) is 2.63. The molecule has 0 atom stereocenters. The van der Waals surface area contributed by atoms with Crippen LogP contribution < -0.4 is 4.74 Å². The van der Waals surface area contributed by atoms with Crippen molar-refractivity contribution >= 4 is 0 Å². The van der Waals surface area contributed by atoms with Gasteiger partial charge >= 0.3 is 0 Å². The molecule has 0 spiro atoms. The van der Waals surface area contributed by atoms with Gasteiger partial charge in [0.2, 0.25) is 0 Å². The quantitative estimate of drug-likeness (QED) is 0.450. The fourth-order valence-electron chi connectivity index (χ4n) is 5.33. The van der Waals surface area contributed by atoms with Gasteiger partial charge in [-0.15, -0.1) is 0 Å². The first-order valence-corrected chi connectivity index (χ1v) is 12.9. The molecule has 2 rings (SSSR count). The monoisotopic (exact) mass is 450 g/mol. The van der Waals surface area contributed by atoms with E-state index in [2.05, 4.69) is 121 Å². The smallest absolute Gasteiger partial charge is 0.131 e. The minimum absolute atomic E-state index is 0.0111. The molecule has 0 saturated carbocycles. The maximum Gasteiger partial charge on any atom is 0.131 e. The van der Waals surface area contributed by atoms with Crippen LogP contribution in [0.15, 0.2) is 24.3 Å². The second-order valence-electron chi connectivity index (χ2n) is 13.7. The average molecular weight is 451 g/mol. The van der Waals surface area contributed by atoms with Crippen LogP contribution >= 0.6 is 0 Å². The van der Waals surface area contributed by atoms with Gasteiger partial charge in [-0.1, -0.05) is 109 Å². The lowest BCUT2D eigenvalue weighted by molar-refractivity contribution is 0.429. The second kappa shape index (κ2) is 9.12. The summed E-state index contributed by atoms with van der Waals surface area (Å²) in [5, 5.41) is 0. The van der Waals surface area contributed by atoms with E-state index in [1.54, 1.807) is 0 Å². The third-order valence-electron chi connectivity index (χ3n) is 6.59. The molecule has 0 amide bonds. The van der Waals surface area contributed by atoms with E-state index in [4.69, 9.17) is 4.74 Å². The predicted octanol–water partition coefficient (Wildman–Crippen LogP) is 9.79. The van der Waals surface area contributed by atoms with Crippen LogP contribution in [0.25, 0.3) is 0 Å². The molecule has 184 valence electrons. The van der Waals surface area contributed by atoms with Crippen LogP contribution in [0.2, 0.25) is 0 Å². The molecule has 0 aromatic heterocycles. The van der Waals surface area contributed by atoms with Gasteiger partial charge in [0, 0.05) is 11.1 Å². The lowest BCUT2D eigenvalue weighted by atomic mass is 9.74. The van der Waals surface area contributed by atoms with E-state index in [1.807, 2.05) is 0 Å². The Hall–Kier alpha value is -1.76. The van der Waals surface area contributed by atoms with E-state index in [0.29, 0.717) is 0 Å². The Labute approximate surface area is 205 Å². The van der Waals surface area contributed by atoms with Gasteiger partial charge in [0.05, 0.1) is 0 Å². The molecule has 2 aromatic carbocycles. The van der Waals surface area contributed by atoms with Gasteiger partial charge in [0.25, 0.3) is 0 Å². The summed E-state index contributed by atoms with van der Waals surface area (Å²) in [6.45, 7) is 32.3. The van der Waals surface area contributed by atoms with E-state index in [1.165, 1.54) is 33.4 Å². The predicted molar refractivity (Wildman–Crippen MR) is 147 cm³/mol. The van der Waals surface area contributed by atoms with Crippen LogP contribution in [0.4, 0.5) is 0 Å². The van der Waals surface area contributed by atoms with Crippen LogP contribution in [0, 0.1) is 0 Å². The van der Waals surface area contributed by atoms with Crippen molar-refractivity contribution in [3.8, 4) is 11.5 Å². The van der Waals surface area contributed by atoms with Crippen LogP contribution in [-0.4, -0.2) is 0 Å². The van der Waals surface area contributed by atoms with E-state index >= 15 is 0 Å². The lowest BCUT2D eigenvalue weighted by Crippen LogP contribution is -2.23. The topological polar surface area (TPSA) is 9.23 Å². The largest absolute Gasteiger partial charge is 0.457 e. The summed E-state index contributed by atoms with van der Waals surface area (Å²) in [5.41, 5.74) is 8.59. The van der Waals surface area contributed by atoms with Gasteiger partial charge in [-0.3, -0.25) is 0 Å². The van der Waals surface area contributed by atoms with Crippen LogP contribution in [-0.2, 0) is 34.5 Å². The van der Waals surface area contributed by atoms with E-state index in [0.717, 1.165) is 24.3 Å². The molecule has 1 nitrogen and oxygen atoms in total. The van der Waals surface area contributed by atoms with Crippen LogP contribution in [0.5, 0.6) is 11.5 Å². The van der Waals surface area contributed by atoms with Gasteiger partial charge in [-0.05, 0) is 68.9 Å². The molecular formula is C32H50O. The number of benzene rings is 2. The molecule has 0 aliphatic heterocycles. The molecule has 0 saturated heterocycles. The molecule has 1 heteroatoms. The molecule has 0 bridgehead atoms. The normalized spacial score (nSPS) is 13.4. The highest BCUT2D eigenvalue weighted by Crippen LogP contribution is 2.45. The summed E-state index contributed by atoms with van der Waals surface area (Å²) >= 11 is 0. The van der Waals surface area contributed by atoms with Crippen molar-refractivity contribution in [1.82, 2.24) is 0 Å². The summed E-state index contributed by atoms with van der Waals surface area (Å²) in [4.78, 5) is 0. The third-order valence-corrected chi connectivity index (χ3v) is 6.59. The maximum atomic E-state index is 6.91. The fraction of sp³-hybridized carbons (Fsp3) is 0.625. The van der Waals surface area contributed by atoms with Gasteiger partial charge in [-0.25, -0.2) is 0 Å².